The zero-order chi connectivity index (χ0) is 33.5. The highest BCUT2D eigenvalue weighted by Crippen LogP contribution is 2.45. The summed E-state index contributed by atoms with van der Waals surface area (Å²) in [5.41, 5.74) is 3.91. The van der Waals surface area contributed by atoms with E-state index in [1.165, 1.54) is 29.4 Å². The minimum atomic E-state index is -0.858. The summed E-state index contributed by atoms with van der Waals surface area (Å²) in [6.45, 7) is 16.0. The van der Waals surface area contributed by atoms with Crippen LogP contribution in [0.3, 0.4) is 0 Å². The van der Waals surface area contributed by atoms with Crippen LogP contribution in [-0.4, -0.2) is 60.5 Å². The molecule has 7 rings (SSSR count). The number of nitrogens with one attached hydrogen (secondary N) is 1. The fourth-order valence-electron chi connectivity index (χ4n) is 7.51. The number of pyridine rings is 1. The van der Waals surface area contributed by atoms with Crippen molar-refractivity contribution < 1.29 is 13.6 Å². The number of halogens is 2. The number of piperazine rings is 1. The highest BCUT2D eigenvalue weighted by atomic mass is 19.1. The minimum Gasteiger partial charge on any atom is -0.363 e. The van der Waals surface area contributed by atoms with Crippen LogP contribution in [0.2, 0.25) is 0 Å². The summed E-state index contributed by atoms with van der Waals surface area (Å²) in [6, 6.07) is 4.52. The summed E-state index contributed by atoms with van der Waals surface area (Å²) in [4.78, 5) is 48.1. The molecule has 5 heterocycles. The number of anilines is 1. The summed E-state index contributed by atoms with van der Waals surface area (Å²) in [5.74, 6) is -2.06. The standard InChI is InChI=1S/C36H37F2N7O2/c1-8-26(46)43-14-21-11-23-33(44(21)13-20(43)7)22-12-24(37)28(27-19(6)9-10-25-32(27)42-15-39-25)29(38)34(22)45(36(23)47)35-30(17(2)3)40-16-41-31(35)18(4)5/h8-10,12,15-18,20-21H,1,11,13-14H2,2-7H3,(H,39,42). The second kappa shape index (κ2) is 11.1. The van der Waals surface area contributed by atoms with E-state index in [-0.39, 0.29) is 46.3 Å². The number of hydrogen-bond donors (Lipinski definition) is 1. The fraction of sp³-hybridized carbons (Fsp3) is 0.361. The first-order chi connectivity index (χ1) is 22.4. The van der Waals surface area contributed by atoms with Gasteiger partial charge in [0, 0.05) is 42.1 Å². The van der Waals surface area contributed by atoms with Gasteiger partial charge < -0.3 is 14.8 Å². The molecule has 2 atom stereocenters. The van der Waals surface area contributed by atoms with Gasteiger partial charge in [-0.15, -0.1) is 0 Å². The topological polar surface area (TPSA) is 100 Å². The molecule has 2 unspecified atom stereocenters. The van der Waals surface area contributed by atoms with Gasteiger partial charge in [-0.25, -0.2) is 23.7 Å². The third kappa shape index (κ3) is 4.50. The van der Waals surface area contributed by atoms with E-state index in [0.717, 1.165) is 0 Å². The van der Waals surface area contributed by atoms with Gasteiger partial charge in [0.2, 0.25) is 5.91 Å². The number of aryl methyl sites for hydroxylation is 1. The molecule has 0 aliphatic carbocycles. The van der Waals surface area contributed by atoms with Crippen molar-refractivity contribution in [2.45, 2.75) is 71.9 Å². The number of benzene rings is 2. The molecular weight excluding hydrogens is 600 g/mol. The predicted octanol–water partition coefficient (Wildman–Crippen LogP) is 6.31. The average molecular weight is 638 g/mol. The second-order valence-electron chi connectivity index (χ2n) is 13.3. The van der Waals surface area contributed by atoms with Gasteiger partial charge in [-0.2, -0.15) is 0 Å². The number of hydrogen-bond acceptors (Lipinski definition) is 6. The van der Waals surface area contributed by atoms with E-state index in [9.17, 15) is 9.59 Å². The lowest BCUT2D eigenvalue weighted by Gasteiger charge is -2.43. The number of rotatable bonds is 5. The lowest BCUT2D eigenvalue weighted by Crippen LogP contribution is -2.57. The van der Waals surface area contributed by atoms with E-state index >= 15 is 8.78 Å². The highest BCUT2D eigenvalue weighted by molar-refractivity contribution is 6.02. The molecule has 0 saturated carbocycles. The maximum Gasteiger partial charge on any atom is 0.261 e. The average Bonchev–Trinajstić information content (AvgIpc) is 3.66. The van der Waals surface area contributed by atoms with Gasteiger partial charge in [-0.05, 0) is 49.5 Å². The van der Waals surface area contributed by atoms with Crippen molar-refractivity contribution in [1.82, 2.24) is 29.4 Å². The van der Waals surface area contributed by atoms with Crippen molar-refractivity contribution in [1.29, 1.82) is 0 Å². The Morgan fingerprint density at radius 1 is 1.04 bits per heavy atom. The number of fused-ring (bicyclic) bond motifs is 6. The molecule has 5 aromatic rings. The van der Waals surface area contributed by atoms with E-state index in [2.05, 4.69) is 26.5 Å². The zero-order valence-corrected chi connectivity index (χ0v) is 27.4. The van der Waals surface area contributed by atoms with Crippen LogP contribution in [0.4, 0.5) is 14.5 Å². The van der Waals surface area contributed by atoms with Crippen LogP contribution < -0.4 is 10.5 Å². The molecule has 1 fully saturated rings. The predicted molar refractivity (Wildman–Crippen MR) is 179 cm³/mol. The Kier molecular flexibility index (Phi) is 7.25. The highest BCUT2D eigenvalue weighted by Gasteiger charge is 2.42. The van der Waals surface area contributed by atoms with Gasteiger partial charge in [0.15, 0.2) is 5.82 Å². The van der Waals surface area contributed by atoms with E-state index in [4.69, 9.17) is 0 Å². The molecule has 0 radical (unpaired) electrons. The summed E-state index contributed by atoms with van der Waals surface area (Å²) in [5, 5.41) is 0.289. The zero-order valence-electron chi connectivity index (χ0n) is 27.4. The molecule has 2 aliphatic rings. The van der Waals surface area contributed by atoms with Crippen LogP contribution in [0.25, 0.3) is 38.8 Å². The quantitative estimate of drug-likeness (QED) is 0.227. The molecule has 3 aromatic heterocycles. The first-order valence-corrected chi connectivity index (χ1v) is 16.0. The van der Waals surface area contributed by atoms with Crippen LogP contribution in [0.15, 0.2) is 48.3 Å². The maximum atomic E-state index is 17.6. The van der Waals surface area contributed by atoms with Gasteiger partial charge in [-0.3, -0.25) is 14.2 Å². The molecule has 1 N–H and O–H groups in total. The van der Waals surface area contributed by atoms with Crippen LogP contribution in [0, 0.1) is 18.6 Å². The van der Waals surface area contributed by atoms with Gasteiger partial charge in [-0.1, -0.05) is 40.3 Å². The Hall–Kier alpha value is -4.93. The largest absolute Gasteiger partial charge is 0.363 e. The van der Waals surface area contributed by atoms with Crippen molar-refractivity contribution in [2.75, 3.05) is 18.0 Å². The number of imidazole rings is 1. The number of H-pyrrole nitrogens is 1. The SMILES string of the molecule is C=CC(=O)N1CC2Cc3c(c4cc(F)c(-c5c(C)ccc6[nH]cnc56)c(F)c4n(-c4c(C(C)C)ncnc4C(C)C)c3=O)N2CC1C. The van der Waals surface area contributed by atoms with Gasteiger partial charge >= 0.3 is 0 Å². The normalized spacial score (nSPS) is 17.7. The Morgan fingerprint density at radius 2 is 1.74 bits per heavy atom. The fourth-order valence-corrected chi connectivity index (χ4v) is 7.51. The molecule has 11 heteroatoms. The van der Waals surface area contributed by atoms with Gasteiger partial charge in [0.25, 0.3) is 5.56 Å². The van der Waals surface area contributed by atoms with Crippen molar-refractivity contribution in [3.63, 3.8) is 0 Å². The lowest BCUT2D eigenvalue weighted by molar-refractivity contribution is -0.128. The Labute approximate surface area is 271 Å². The van der Waals surface area contributed by atoms with Gasteiger partial charge in [0.1, 0.15) is 12.1 Å². The molecule has 242 valence electrons. The monoisotopic (exact) mass is 637 g/mol. The van der Waals surface area contributed by atoms with E-state index in [0.29, 0.717) is 70.0 Å². The van der Waals surface area contributed by atoms with Crippen molar-refractivity contribution >= 4 is 33.5 Å². The third-order valence-electron chi connectivity index (χ3n) is 9.69. The summed E-state index contributed by atoms with van der Waals surface area (Å²) >= 11 is 0. The molecular formula is C36H37F2N7O2. The molecule has 9 nitrogen and oxygen atoms in total. The number of carbonyl (C=O) groups is 1. The van der Waals surface area contributed by atoms with Crippen molar-refractivity contribution in [3.05, 3.63) is 88.0 Å². The Bertz CT molecular complexity index is 2160. The smallest absolute Gasteiger partial charge is 0.261 e. The number of carbonyl (C=O) groups excluding carboxylic acids is 1. The van der Waals surface area contributed by atoms with Crippen molar-refractivity contribution in [2.24, 2.45) is 0 Å². The third-order valence-corrected chi connectivity index (χ3v) is 9.69. The van der Waals surface area contributed by atoms with E-state index in [1.54, 1.807) is 17.9 Å². The lowest BCUT2D eigenvalue weighted by atomic mass is 9.94. The molecule has 0 spiro atoms. The molecule has 0 bridgehead atoms. The summed E-state index contributed by atoms with van der Waals surface area (Å²) in [6.07, 6.45) is 4.58. The van der Waals surface area contributed by atoms with Crippen molar-refractivity contribution in [3.8, 4) is 16.8 Å². The molecule has 1 saturated heterocycles. The number of aromatic nitrogens is 5. The summed E-state index contributed by atoms with van der Waals surface area (Å²) < 4.78 is 35.7. The Morgan fingerprint density at radius 3 is 2.40 bits per heavy atom. The number of amides is 1. The molecule has 2 aliphatic heterocycles. The first-order valence-electron chi connectivity index (χ1n) is 16.0. The second-order valence-corrected chi connectivity index (χ2v) is 13.3. The van der Waals surface area contributed by atoms with Crippen LogP contribution in [-0.2, 0) is 11.2 Å². The molecule has 47 heavy (non-hydrogen) atoms. The van der Waals surface area contributed by atoms with E-state index in [1.807, 2.05) is 45.6 Å². The van der Waals surface area contributed by atoms with Crippen LogP contribution in [0.1, 0.15) is 69.0 Å². The first kappa shape index (κ1) is 30.7. The maximum absolute atomic E-state index is 17.6. The van der Waals surface area contributed by atoms with E-state index < -0.39 is 17.2 Å². The minimum absolute atomic E-state index is 0.0337. The van der Waals surface area contributed by atoms with Gasteiger partial charge in [0.05, 0.1) is 57.2 Å². The number of nitrogens with zero attached hydrogens (tertiary/aromatic N) is 6. The van der Waals surface area contributed by atoms with Crippen LogP contribution >= 0.6 is 0 Å². The summed E-state index contributed by atoms with van der Waals surface area (Å²) in [7, 11) is 0. The molecule has 1 amide bonds. The van der Waals surface area contributed by atoms with Crippen LogP contribution in [0.5, 0.6) is 0 Å². The number of aromatic amines is 1. The Balaban J connectivity index is 1.63. The molecule has 2 aromatic carbocycles.